The number of benzene rings is 1. The van der Waals surface area contributed by atoms with Gasteiger partial charge in [0.15, 0.2) is 0 Å². The van der Waals surface area contributed by atoms with Crippen LogP contribution >= 0.6 is 0 Å². The van der Waals surface area contributed by atoms with Crippen molar-refractivity contribution in [1.82, 2.24) is 9.97 Å². The highest BCUT2D eigenvalue weighted by molar-refractivity contribution is 5.73. The molecule has 0 aliphatic heterocycles. The fourth-order valence-electron chi connectivity index (χ4n) is 2.19. The predicted octanol–water partition coefficient (Wildman–Crippen LogP) is 4.12. The second-order valence-corrected chi connectivity index (χ2v) is 4.57. The van der Waals surface area contributed by atoms with Crippen LogP contribution < -0.4 is 0 Å². The van der Waals surface area contributed by atoms with Crippen LogP contribution in [0.3, 0.4) is 0 Å². The molecule has 92 valence electrons. The van der Waals surface area contributed by atoms with E-state index in [2.05, 4.69) is 41.2 Å². The van der Waals surface area contributed by atoms with Crippen molar-refractivity contribution in [1.29, 1.82) is 0 Å². The molecule has 0 fully saturated rings. The zero-order chi connectivity index (χ0) is 13.1. The first-order chi connectivity index (χ1) is 9.33. The summed E-state index contributed by atoms with van der Waals surface area (Å²) in [6.45, 7) is 2.12. The molecule has 2 heteroatoms. The Balaban J connectivity index is 2.12. The van der Waals surface area contributed by atoms with Gasteiger partial charge in [0.1, 0.15) is 0 Å². The zero-order valence-corrected chi connectivity index (χ0v) is 10.7. The third-order valence-corrected chi connectivity index (χ3v) is 3.09. The van der Waals surface area contributed by atoms with Crippen LogP contribution in [0.15, 0.2) is 67.3 Å². The van der Waals surface area contributed by atoms with E-state index in [1.807, 2.05) is 36.8 Å². The van der Waals surface area contributed by atoms with Gasteiger partial charge in [0.2, 0.25) is 0 Å². The SMILES string of the molecule is Cc1cc(-c2ccncc2)cc(-c2cccnc2)c1. The highest BCUT2D eigenvalue weighted by atomic mass is 14.6. The van der Waals surface area contributed by atoms with Gasteiger partial charge >= 0.3 is 0 Å². The molecular weight excluding hydrogens is 232 g/mol. The number of nitrogens with zero attached hydrogens (tertiary/aromatic N) is 2. The lowest BCUT2D eigenvalue weighted by molar-refractivity contribution is 1.32. The van der Waals surface area contributed by atoms with E-state index in [4.69, 9.17) is 0 Å². The molecule has 19 heavy (non-hydrogen) atoms. The van der Waals surface area contributed by atoms with Crippen molar-refractivity contribution in [3.8, 4) is 22.3 Å². The Hall–Kier alpha value is -2.48. The molecule has 2 heterocycles. The summed E-state index contributed by atoms with van der Waals surface area (Å²) >= 11 is 0. The topological polar surface area (TPSA) is 25.8 Å². The maximum absolute atomic E-state index is 4.18. The van der Waals surface area contributed by atoms with Crippen molar-refractivity contribution >= 4 is 0 Å². The molecule has 3 aromatic rings. The Morgan fingerprint density at radius 3 is 2.11 bits per heavy atom. The number of aromatic nitrogens is 2. The molecule has 1 aromatic carbocycles. The largest absolute Gasteiger partial charge is 0.265 e. The van der Waals surface area contributed by atoms with E-state index in [0.717, 1.165) is 5.56 Å². The first kappa shape index (κ1) is 11.6. The Kier molecular flexibility index (Phi) is 3.07. The van der Waals surface area contributed by atoms with E-state index in [-0.39, 0.29) is 0 Å². The third kappa shape index (κ3) is 2.52. The monoisotopic (exact) mass is 246 g/mol. The molecule has 0 spiro atoms. The van der Waals surface area contributed by atoms with Crippen LogP contribution in [-0.2, 0) is 0 Å². The maximum Gasteiger partial charge on any atom is 0.0346 e. The van der Waals surface area contributed by atoms with Gasteiger partial charge in [-0.05, 0) is 53.4 Å². The highest BCUT2D eigenvalue weighted by Gasteiger charge is 2.03. The molecule has 0 radical (unpaired) electrons. The van der Waals surface area contributed by atoms with Crippen molar-refractivity contribution in [2.45, 2.75) is 6.92 Å². The van der Waals surface area contributed by atoms with E-state index in [1.54, 1.807) is 6.20 Å². The van der Waals surface area contributed by atoms with E-state index in [9.17, 15) is 0 Å². The number of aryl methyl sites for hydroxylation is 1. The van der Waals surface area contributed by atoms with Crippen LogP contribution in [0.5, 0.6) is 0 Å². The van der Waals surface area contributed by atoms with Gasteiger partial charge in [0, 0.05) is 30.4 Å². The summed E-state index contributed by atoms with van der Waals surface area (Å²) in [5.74, 6) is 0. The minimum Gasteiger partial charge on any atom is -0.265 e. The normalized spacial score (nSPS) is 10.4. The molecule has 0 amide bonds. The van der Waals surface area contributed by atoms with Crippen molar-refractivity contribution in [3.05, 3.63) is 72.8 Å². The van der Waals surface area contributed by atoms with Gasteiger partial charge < -0.3 is 0 Å². The molecule has 0 saturated carbocycles. The lowest BCUT2D eigenvalue weighted by atomic mass is 9.98. The van der Waals surface area contributed by atoms with Gasteiger partial charge in [-0.2, -0.15) is 0 Å². The second-order valence-electron chi connectivity index (χ2n) is 4.57. The molecule has 0 unspecified atom stereocenters. The number of hydrogen-bond donors (Lipinski definition) is 0. The lowest BCUT2D eigenvalue weighted by Crippen LogP contribution is -1.85. The van der Waals surface area contributed by atoms with Gasteiger partial charge in [-0.25, -0.2) is 0 Å². The van der Waals surface area contributed by atoms with Gasteiger partial charge in [-0.15, -0.1) is 0 Å². The Labute approximate surface area is 112 Å². The van der Waals surface area contributed by atoms with Crippen molar-refractivity contribution in [2.24, 2.45) is 0 Å². The molecule has 0 N–H and O–H groups in total. The Morgan fingerprint density at radius 1 is 0.684 bits per heavy atom. The van der Waals surface area contributed by atoms with Crippen LogP contribution in [0.25, 0.3) is 22.3 Å². The van der Waals surface area contributed by atoms with E-state index < -0.39 is 0 Å². The minimum atomic E-state index is 1.14. The standard InChI is InChI=1S/C17H14N2/c1-13-9-16(14-4-7-18-8-5-14)11-17(10-13)15-3-2-6-19-12-15/h2-12H,1H3. The summed E-state index contributed by atoms with van der Waals surface area (Å²) in [5.41, 5.74) is 5.97. The van der Waals surface area contributed by atoms with Crippen LogP contribution in [0.1, 0.15) is 5.56 Å². The van der Waals surface area contributed by atoms with Crippen LogP contribution in [0, 0.1) is 6.92 Å². The molecule has 0 aliphatic rings. The van der Waals surface area contributed by atoms with Gasteiger partial charge in [-0.1, -0.05) is 18.2 Å². The summed E-state index contributed by atoms with van der Waals surface area (Å²) in [6.07, 6.45) is 7.33. The molecule has 2 aromatic heterocycles. The molecule has 0 atom stereocenters. The van der Waals surface area contributed by atoms with Crippen LogP contribution in [0.2, 0.25) is 0 Å². The Bertz CT molecular complexity index is 618. The lowest BCUT2D eigenvalue weighted by Gasteiger charge is -2.08. The summed E-state index contributed by atoms with van der Waals surface area (Å²) < 4.78 is 0. The molecular formula is C17H14N2. The van der Waals surface area contributed by atoms with Crippen molar-refractivity contribution < 1.29 is 0 Å². The zero-order valence-electron chi connectivity index (χ0n) is 10.7. The van der Waals surface area contributed by atoms with Crippen LogP contribution in [0.4, 0.5) is 0 Å². The fraction of sp³-hybridized carbons (Fsp3) is 0.0588. The Morgan fingerprint density at radius 2 is 1.42 bits per heavy atom. The minimum absolute atomic E-state index is 1.14. The fourth-order valence-corrected chi connectivity index (χ4v) is 2.19. The molecule has 0 aliphatic carbocycles. The van der Waals surface area contributed by atoms with Crippen molar-refractivity contribution in [3.63, 3.8) is 0 Å². The van der Waals surface area contributed by atoms with Gasteiger partial charge in [0.05, 0.1) is 0 Å². The first-order valence-corrected chi connectivity index (χ1v) is 6.25. The first-order valence-electron chi connectivity index (χ1n) is 6.25. The van der Waals surface area contributed by atoms with E-state index in [0.29, 0.717) is 0 Å². The predicted molar refractivity (Wildman–Crippen MR) is 77.6 cm³/mol. The molecule has 0 bridgehead atoms. The van der Waals surface area contributed by atoms with Gasteiger partial charge in [-0.3, -0.25) is 9.97 Å². The molecule has 2 nitrogen and oxygen atoms in total. The summed E-state index contributed by atoms with van der Waals surface area (Å²) in [6, 6.07) is 14.7. The summed E-state index contributed by atoms with van der Waals surface area (Å²) in [4.78, 5) is 8.25. The van der Waals surface area contributed by atoms with E-state index in [1.165, 1.54) is 22.3 Å². The average Bonchev–Trinajstić information content (AvgIpc) is 2.48. The summed E-state index contributed by atoms with van der Waals surface area (Å²) in [5, 5.41) is 0. The van der Waals surface area contributed by atoms with Gasteiger partial charge in [0.25, 0.3) is 0 Å². The van der Waals surface area contributed by atoms with Crippen LogP contribution in [-0.4, -0.2) is 9.97 Å². The highest BCUT2D eigenvalue weighted by Crippen LogP contribution is 2.27. The smallest absolute Gasteiger partial charge is 0.0346 e. The molecule has 0 saturated heterocycles. The summed E-state index contributed by atoms with van der Waals surface area (Å²) in [7, 11) is 0. The van der Waals surface area contributed by atoms with Crippen molar-refractivity contribution in [2.75, 3.05) is 0 Å². The molecule has 3 rings (SSSR count). The third-order valence-electron chi connectivity index (χ3n) is 3.09. The maximum atomic E-state index is 4.18. The number of hydrogen-bond acceptors (Lipinski definition) is 2. The number of rotatable bonds is 2. The number of pyridine rings is 2. The quantitative estimate of drug-likeness (QED) is 0.679. The second kappa shape index (κ2) is 5.02. The van der Waals surface area contributed by atoms with E-state index >= 15 is 0 Å². The average molecular weight is 246 g/mol.